The van der Waals surface area contributed by atoms with Gasteiger partial charge < -0.3 is 18.8 Å². The van der Waals surface area contributed by atoms with Crippen molar-refractivity contribution in [2.45, 2.75) is 12.4 Å². The van der Waals surface area contributed by atoms with E-state index in [0.717, 1.165) is 14.2 Å². The summed E-state index contributed by atoms with van der Waals surface area (Å²) in [7, 11) is -6.23. The van der Waals surface area contributed by atoms with Gasteiger partial charge in [0, 0.05) is 14.2 Å². The van der Waals surface area contributed by atoms with E-state index in [9.17, 15) is 9.13 Å². The molecule has 0 radical (unpaired) electrons. The highest BCUT2D eigenvalue weighted by atomic mass is 31.2. The molecular weight excluding hydrogens is 232 g/mol. The van der Waals surface area contributed by atoms with Crippen molar-refractivity contribution in [3.63, 3.8) is 0 Å². The molecule has 0 amide bonds. The lowest BCUT2D eigenvalue weighted by atomic mass is 10.8. The van der Waals surface area contributed by atoms with Crippen LogP contribution in [-0.2, 0) is 18.2 Å². The summed E-state index contributed by atoms with van der Waals surface area (Å²) in [6.45, 7) is 1.87. The standard InChI is InChI=1S/C5H15NO6P2/c1-4-6-5(13(7,8)9)14(10,11-2)12-3/h5-6H,4H2,1-3H3,(H2,7,8,9). The van der Waals surface area contributed by atoms with E-state index in [1.165, 1.54) is 0 Å². The smallest absolute Gasteiger partial charge is 0.323 e. The summed E-state index contributed by atoms with van der Waals surface area (Å²) in [5.74, 6) is 0. The predicted octanol–water partition coefficient (Wildman–Crippen LogP) is 0.543. The van der Waals surface area contributed by atoms with Crippen molar-refractivity contribution in [3.05, 3.63) is 0 Å². The molecule has 0 aromatic rings. The largest absolute Gasteiger partial charge is 0.359 e. The Bertz CT molecular complexity index is 255. The molecule has 0 saturated carbocycles. The zero-order chi connectivity index (χ0) is 11.4. The van der Waals surface area contributed by atoms with E-state index in [1.807, 2.05) is 0 Å². The average Bonchev–Trinajstić information content (AvgIpc) is 2.11. The monoisotopic (exact) mass is 247 g/mol. The second-order valence-corrected chi connectivity index (χ2v) is 6.85. The van der Waals surface area contributed by atoms with Crippen LogP contribution < -0.4 is 5.32 Å². The molecular formula is C5H15NO6P2. The molecule has 0 fully saturated rings. The first-order valence-corrected chi connectivity index (χ1v) is 7.11. The van der Waals surface area contributed by atoms with Gasteiger partial charge in [-0.05, 0) is 6.54 Å². The third kappa shape index (κ3) is 3.44. The van der Waals surface area contributed by atoms with Crippen LogP contribution >= 0.6 is 15.2 Å². The predicted molar refractivity (Wildman–Crippen MR) is 51.1 cm³/mol. The van der Waals surface area contributed by atoms with Crippen LogP contribution in [0.3, 0.4) is 0 Å². The van der Waals surface area contributed by atoms with Crippen molar-refractivity contribution in [2.24, 2.45) is 0 Å². The van der Waals surface area contributed by atoms with Gasteiger partial charge in [0.05, 0.1) is 0 Å². The van der Waals surface area contributed by atoms with Gasteiger partial charge in [0.2, 0.25) is 5.52 Å². The molecule has 0 spiro atoms. The molecule has 14 heavy (non-hydrogen) atoms. The summed E-state index contributed by atoms with van der Waals surface area (Å²) >= 11 is 0. The van der Waals surface area contributed by atoms with Crippen molar-refractivity contribution in [3.8, 4) is 0 Å². The second kappa shape index (κ2) is 5.37. The van der Waals surface area contributed by atoms with Crippen LogP contribution in [0.2, 0.25) is 0 Å². The Hall–Kier alpha value is 0.260. The summed E-state index contributed by atoms with van der Waals surface area (Å²) in [4.78, 5) is 17.8. The van der Waals surface area contributed by atoms with Crippen LogP contribution in [0, 0.1) is 0 Å². The van der Waals surface area contributed by atoms with Gasteiger partial charge in [-0.1, -0.05) is 6.92 Å². The molecule has 0 saturated heterocycles. The van der Waals surface area contributed by atoms with E-state index >= 15 is 0 Å². The molecule has 1 atom stereocenters. The molecule has 0 aromatic carbocycles. The Kier molecular flexibility index (Phi) is 5.47. The summed E-state index contributed by atoms with van der Waals surface area (Å²) < 4.78 is 31.7. The fourth-order valence-electron chi connectivity index (χ4n) is 0.872. The molecule has 0 heterocycles. The van der Waals surface area contributed by atoms with E-state index in [1.54, 1.807) is 6.92 Å². The number of hydrogen-bond donors (Lipinski definition) is 3. The molecule has 9 heteroatoms. The van der Waals surface area contributed by atoms with Gasteiger partial charge in [0.25, 0.3) is 0 Å². The zero-order valence-corrected chi connectivity index (χ0v) is 10.00. The van der Waals surface area contributed by atoms with Gasteiger partial charge in [-0.3, -0.25) is 14.4 Å². The van der Waals surface area contributed by atoms with Crippen molar-refractivity contribution < 1.29 is 28.0 Å². The van der Waals surface area contributed by atoms with Crippen molar-refractivity contribution in [1.82, 2.24) is 5.32 Å². The second-order valence-electron chi connectivity index (χ2n) is 2.43. The maximum Gasteiger partial charge on any atom is 0.359 e. The molecule has 0 rings (SSSR count). The van der Waals surface area contributed by atoms with Gasteiger partial charge in [-0.2, -0.15) is 0 Å². The normalized spacial score (nSPS) is 15.5. The molecule has 0 aliphatic heterocycles. The minimum Gasteiger partial charge on any atom is -0.323 e. The summed E-state index contributed by atoms with van der Waals surface area (Å²) in [6, 6.07) is 0. The fraction of sp³-hybridized carbons (Fsp3) is 1.00. The molecule has 0 aromatic heterocycles. The first-order valence-electron chi connectivity index (χ1n) is 3.81. The molecule has 86 valence electrons. The Morgan fingerprint density at radius 3 is 1.93 bits per heavy atom. The van der Waals surface area contributed by atoms with E-state index in [4.69, 9.17) is 9.79 Å². The summed E-state index contributed by atoms with van der Waals surface area (Å²) in [6.07, 6.45) is 0. The lowest BCUT2D eigenvalue weighted by Crippen LogP contribution is -2.29. The SMILES string of the molecule is CCNC(P(=O)(O)O)P(=O)(OC)OC. The Labute approximate surface area is 82.5 Å². The quantitative estimate of drug-likeness (QED) is 0.588. The van der Waals surface area contributed by atoms with Crippen LogP contribution in [0.4, 0.5) is 0 Å². The maximum atomic E-state index is 11.7. The summed E-state index contributed by atoms with van der Waals surface area (Å²) in [5.41, 5.74) is -1.62. The van der Waals surface area contributed by atoms with Crippen molar-refractivity contribution >= 4 is 15.2 Å². The van der Waals surface area contributed by atoms with Gasteiger partial charge >= 0.3 is 15.2 Å². The van der Waals surface area contributed by atoms with Gasteiger partial charge in [0.1, 0.15) is 0 Å². The maximum absolute atomic E-state index is 11.7. The molecule has 3 N–H and O–H groups in total. The minimum atomic E-state index is -4.57. The third-order valence-corrected chi connectivity index (χ3v) is 5.88. The van der Waals surface area contributed by atoms with Gasteiger partial charge in [-0.25, -0.2) is 0 Å². The van der Waals surface area contributed by atoms with Crippen molar-refractivity contribution in [1.29, 1.82) is 0 Å². The van der Waals surface area contributed by atoms with Crippen LogP contribution in [0.1, 0.15) is 6.92 Å². The first kappa shape index (κ1) is 14.3. The van der Waals surface area contributed by atoms with Gasteiger partial charge in [0.15, 0.2) is 0 Å². The lowest BCUT2D eigenvalue weighted by molar-refractivity contribution is 0.261. The van der Waals surface area contributed by atoms with E-state index in [0.29, 0.717) is 0 Å². The molecule has 0 aliphatic rings. The zero-order valence-electron chi connectivity index (χ0n) is 8.21. The number of hydrogen-bond acceptors (Lipinski definition) is 5. The Morgan fingerprint density at radius 1 is 1.29 bits per heavy atom. The average molecular weight is 247 g/mol. The van der Waals surface area contributed by atoms with E-state index in [-0.39, 0.29) is 6.54 Å². The Balaban J connectivity index is 5.00. The highest BCUT2D eigenvalue weighted by Crippen LogP contribution is 2.63. The van der Waals surface area contributed by atoms with E-state index < -0.39 is 20.7 Å². The van der Waals surface area contributed by atoms with Gasteiger partial charge in [-0.15, -0.1) is 0 Å². The first-order chi connectivity index (χ1) is 6.31. The number of rotatable bonds is 6. The van der Waals surface area contributed by atoms with Crippen LogP contribution in [0.25, 0.3) is 0 Å². The minimum absolute atomic E-state index is 0.243. The van der Waals surface area contributed by atoms with Crippen molar-refractivity contribution in [2.75, 3.05) is 20.8 Å². The topological polar surface area (TPSA) is 105 Å². The third-order valence-electron chi connectivity index (χ3n) is 1.51. The summed E-state index contributed by atoms with van der Waals surface area (Å²) in [5, 5.41) is 2.39. The Morgan fingerprint density at radius 2 is 1.71 bits per heavy atom. The molecule has 0 bridgehead atoms. The molecule has 1 unspecified atom stereocenters. The number of nitrogens with one attached hydrogen (secondary N) is 1. The van der Waals surface area contributed by atoms with Crippen LogP contribution in [-0.4, -0.2) is 36.1 Å². The fourth-order valence-corrected chi connectivity index (χ4v) is 4.29. The van der Waals surface area contributed by atoms with E-state index in [2.05, 4.69) is 14.4 Å². The molecule has 7 nitrogen and oxygen atoms in total. The molecule has 0 aliphatic carbocycles. The highest BCUT2D eigenvalue weighted by molar-refractivity contribution is 7.71. The highest BCUT2D eigenvalue weighted by Gasteiger charge is 2.45. The lowest BCUT2D eigenvalue weighted by Gasteiger charge is -2.25. The van der Waals surface area contributed by atoms with Crippen LogP contribution in [0.5, 0.6) is 0 Å². The van der Waals surface area contributed by atoms with Crippen LogP contribution in [0.15, 0.2) is 0 Å².